The van der Waals surface area contributed by atoms with Gasteiger partial charge in [0.2, 0.25) is 0 Å². The van der Waals surface area contributed by atoms with Gasteiger partial charge in [0.05, 0.1) is 12.8 Å². The maximum atomic E-state index is 8.95. The number of ether oxygens (including phenoxy) is 2. The first-order chi connectivity index (χ1) is 8.24. The molecule has 0 amide bonds. The van der Waals surface area contributed by atoms with Crippen molar-refractivity contribution in [3.8, 4) is 5.75 Å². The Hall–Kier alpha value is -1.11. The van der Waals surface area contributed by atoms with Crippen LogP contribution < -0.4 is 10.2 Å². The Bertz CT molecular complexity index is 322. The van der Waals surface area contributed by atoms with Crippen LogP contribution in [0.4, 0.5) is 0 Å². The van der Waals surface area contributed by atoms with Crippen molar-refractivity contribution in [2.45, 2.75) is 19.8 Å². The second kappa shape index (κ2) is 8.05. The van der Waals surface area contributed by atoms with E-state index in [9.17, 15) is 0 Å². The molecule has 0 aliphatic rings. The Morgan fingerprint density at radius 1 is 1.24 bits per heavy atom. The van der Waals surface area contributed by atoms with Gasteiger partial charge in [-0.3, -0.25) is 4.98 Å². The maximum absolute atomic E-state index is 8.95. The molecule has 0 bridgehead atoms. The monoisotopic (exact) mass is 239 g/mol. The normalized spacial score (nSPS) is 10.3. The average Bonchev–Trinajstić information content (AvgIpc) is 2.34. The van der Waals surface area contributed by atoms with Gasteiger partial charge in [-0.1, -0.05) is 13.3 Å². The summed E-state index contributed by atoms with van der Waals surface area (Å²) in [6.45, 7) is 3.80. The van der Waals surface area contributed by atoms with Gasteiger partial charge < -0.3 is 19.5 Å². The zero-order valence-electron chi connectivity index (χ0n) is 10.0. The van der Waals surface area contributed by atoms with Crippen LogP contribution >= 0.6 is 0 Å². The van der Waals surface area contributed by atoms with Crippen molar-refractivity contribution >= 4 is 12.6 Å². The SMILES string of the molecule is CCCCOCCOc1cncc(B(O)O)c1. The zero-order chi connectivity index (χ0) is 12.5. The van der Waals surface area contributed by atoms with Gasteiger partial charge in [0.25, 0.3) is 0 Å². The van der Waals surface area contributed by atoms with Gasteiger partial charge in [-0.15, -0.1) is 0 Å². The van der Waals surface area contributed by atoms with Crippen LogP contribution in [0.25, 0.3) is 0 Å². The summed E-state index contributed by atoms with van der Waals surface area (Å²) in [7, 11) is -1.52. The molecule has 0 aliphatic heterocycles. The lowest BCUT2D eigenvalue weighted by atomic mass is 9.82. The lowest BCUT2D eigenvalue weighted by Gasteiger charge is -2.07. The molecule has 0 saturated heterocycles. The highest BCUT2D eigenvalue weighted by Gasteiger charge is 2.11. The van der Waals surface area contributed by atoms with Crippen LogP contribution in [0.1, 0.15) is 19.8 Å². The first-order valence-electron chi connectivity index (χ1n) is 5.75. The number of pyridine rings is 1. The van der Waals surface area contributed by atoms with Crippen molar-refractivity contribution in [1.29, 1.82) is 0 Å². The molecule has 1 rings (SSSR count). The van der Waals surface area contributed by atoms with Crippen molar-refractivity contribution in [3.63, 3.8) is 0 Å². The molecule has 94 valence electrons. The molecule has 1 aromatic heterocycles. The van der Waals surface area contributed by atoms with Crippen molar-refractivity contribution < 1.29 is 19.5 Å². The molecule has 0 saturated carbocycles. The second-order valence-electron chi connectivity index (χ2n) is 3.64. The predicted molar refractivity (Wildman–Crippen MR) is 65.3 cm³/mol. The van der Waals surface area contributed by atoms with Crippen molar-refractivity contribution in [1.82, 2.24) is 4.98 Å². The van der Waals surface area contributed by atoms with Crippen LogP contribution in [0.15, 0.2) is 18.5 Å². The molecule has 5 nitrogen and oxygen atoms in total. The van der Waals surface area contributed by atoms with Gasteiger partial charge in [0, 0.05) is 18.3 Å². The summed E-state index contributed by atoms with van der Waals surface area (Å²) in [5.41, 5.74) is 0.314. The minimum atomic E-state index is -1.52. The topological polar surface area (TPSA) is 71.8 Å². The molecule has 1 aromatic rings. The Kier molecular flexibility index (Phi) is 6.61. The van der Waals surface area contributed by atoms with Crippen LogP contribution in [-0.2, 0) is 4.74 Å². The molecule has 0 atom stereocenters. The van der Waals surface area contributed by atoms with Crippen molar-refractivity contribution in [2.75, 3.05) is 19.8 Å². The molecular formula is C11H18BNO4. The van der Waals surface area contributed by atoms with E-state index in [0.717, 1.165) is 19.4 Å². The summed E-state index contributed by atoms with van der Waals surface area (Å²) in [6, 6.07) is 1.55. The van der Waals surface area contributed by atoms with E-state index in [4.69, 9.17) is 19.5 Å². The molecule has 2 N–H and O–H groups in total. The minimum absolute atomic E-state index is 0.314. The highest BCUT2D eigenvalue weighted by atomic mass is 16.5. The van der Waals surface area contributed by atoms with Gasteiger partial charge in [-0.05, 0) is 12.5 Å². The van der Waals surface area contributed by atoms with Gasteiger partial charge >= 0.3 is 7.12 Å². The number of hydrogen-bond acceptors (Lipinski definition) is 5. The third-order valence-electron chi connectivity index (χ3n) is 2.17. The largest absolute Gasteiger partial charge is 0.490 e. The molecule has 0 unspecified atom stereocenters. The average molecular weight is 239 g/mol. The Morgan fingerprint density at radius 3 is 2.76 bits per heavy atom. The standard InChI is InChI=1S/C11H18BNO4/c1-2-3-4-16-5-6-17-11-7-10(12(14)15)8-13-9-11/h7-9,14-15H,2-6H2,1H3. The van der Waals surface area contributed by atoms with E-state index in [0.29, 0.717) is 24.4 Å². The van der Waals surface area contributed by atoms with Crippen molar-refractivity contribution in [3.05, 3.63) is 18.5 Å². The molecule has 0 fully saturated rings. The number of rotatable bonds is 8. The molecule has 1 heterocycles. The highest BCUT2D eigenvalue weighted by molar-refractivity contribution is 6.58. The highest BCUT2D eigenvalue weighted by Crippen LogP contribution is 2.05. The fourth-order valence-corrected chi connectivity index (χ4v) is 1.22. The van der Waals surface area contributed by atoms with Crippen LogP contribution in [0, 0.1) is 0 Å². The lowest BCUT2D eigenvalue weighted by Crippen LogP contribution is -2.30. The summed E-state index contributed by atoms with van der Waals surface area (Å²) in [5, 5.41) is 17.9. The van der Waals surface area contributed by atoms with Crippen LogP contribution in [-0.4, -0.2) is 42.0 Å². The Labute approximate surface area is 102 Å². The summed E-state index contributed by atoms with van der Waals surface area (Å²) in [4.78, 5) is 3.85. The van der Waals surface area contributed by atoms with Gasteiger partial charge in [-0.25, -0.2) is 0 Å². The number of hydrogen-bond donors (Lipinski definition) is 2. The molecule has 0 aliphatic carbocycles. The van der Waals surface area contributed by atoms with E-state index in [-0.39, 0.29) is 0 Å². The predicted octanol–water partition coefficient (Wildman–Crippen LogP) is -0.0431. The third-order valence-corrected chi connectivity index (χ3v) is 2.17. The van der Waals surface area contributed by atoms with Crippen LogP contribution in [0.3, 0.4) is 0 Å². The molecule has 0 radical (unpaired) electrons. The fourth-order valence-electron chi connectivity index (χ4n) is 1.22. The first-order valence-corrected chi connectivity index (χ1v) is 5.75. The summed E-state index contributed by atoms with van der Waals surface area (Å²) in [6.07, 6.45) is 5.07. The van der Waals surface area contributed by atoms with E-state index >= 15 is 0 Å². The quantitative estimate of drug-likeness (QED) is 0.491. The number of nitrogens with zero attached hydrogens (tertiary/aromatic N) is 1. The zero-order valence-corrected chi connectivity index (χ0v) is 10.0. The minimum Gasteiger partial charge on any atom is -0.490 e. The smallest absolute Gasteiger partial charge is 0.490 e. The summed E-state index contributed by atoms with van der Waals surface area (Å²) in [5.74, 6) is 0.509. The number of unbranched alkanes of at least 4 members (excludes halogenated alkanes) is 1. The number of aromatic nitrogens is 1. The summed E-state index contributed by atoms with van der Waals surface area (Å²) >= 11 is 0. The van der Waals surface area contributed by atoms with E-state index < -0.39 is 7.12 Å². The summed E-state index contributed by atoms with van der Waals surface area (Å²) < 4.78 is 10.7. The van der Waals surface area contributed by atoms with Gasteiger partial charge in [0.15, 0.2) is 0 Å². The van der Waals surface area contributed by atoms with E-state index in [1.54, 1.807) is 6.07 Å². The Balaban J connectivity index is 2.24. The van der Waals surface area contributed by atoms with Gasteiger partial charge in [0.1, 0.15) is 12.4 Å². The molecule has 0 aromatic carbocycles. The maximum Gasteiger partial charge on any atom is 0.490 e. The van der Waals surface area contributed by atoms with Crippen LogP contribution in [0.5, 0.6) is 5.75 Å². The second-order valence-corrected chi connectivity index (χ2v) is 3.64. The van der Waals surface area contributed by atoms with E-state index in [2.05, 4.69) is 11.9 Å². The van der Waals surface area contributed by atoms with E-state index in [1.165, 1.54) is 12.4 Å². The van der Waals surface area contributed by atoms with Gasteiger partial charge in [-0.2, -0.15) is 0 Å². The van der Waals surface area contributed by atoms with Crippen LogP contribution in [0.2, 0.25) is 0 Å². The third kappa shape index (κ3) is 5.67. The Morgan fingerprint density at radius 2 is 2.06 bits per heavy atom. The molecular weight excluding hydrogens is 221 g/mol. The fraction of sp³-hybridized carbons (Fsp3) is 0.545. The van der Waals surface area contributed by atoms with E-state index in [1.807, 2.05) is 0 Å². The molecule has 0 spiro atoms. The molecule has 17 heavy (non-hydrogen) atoms. The van der Waals surface area contributed by atoms with Crippen molar-refractivity contribution in [2.24, 2.45) is 0 Å². The lowest BCUT2D eigenvalue weighted by molar-refractivity contribution is 0.0979. The first kappa shape index (κ1) is 14.0. The molecule has 6 heteroatoms.